The molecule has 2 aromatic carbocycles. The Labute approximate surface area is 170 Å². The van der Waals surface area contributed by atoms with Crippen molar-refractivity contribution in [2.45, 2.75) is 0 Å². The van der Waals surface area contributed by atoms with Crippen molar-refractivity contribution in [3.63, 3.8) is 0 Å². The second-order valence-electron chi connectivity index (χ2n) is 4.49. The van der Waals surface area contributed by atoms with Crippen LogP contribution in [-0.2, 0) is 4.79 Å². The van der Waals surface area contributed by atoms with Crippen LogP contribution in [0.25, 0.3) is 0 Å². The van der Waals surface area contributed by atoms with Crippen LogP contribution in [0, 0.1) is 0 Å². The monoisotopic (exact) mass is 482 g/mol. The Morgan fingerprint density at radius 2 is 1.20 bits per heavy atom. The summed E-state index contributed by atoms with van der Waals surface area (Å²) in [6.45, 7) is 0. The maximum atomic E-state index is 9.29. The van der Waals surface area contributed by atoms with Gasteiger partial charge in [0.15, 0.2) is 12.4 Å². The van der Waals surface area contributed by atoms with Gasteiger partial charge in [-0.05, 0) is 0 Å². The minimum atomic E-state index is -0.881. The third-order valence-electron chi connectivity index (χ3n) is 2.58. The first-order chi connectivity index (χ1) is 11.7. The van der Waals surface area contributed by atoms with E-state index >= 15 is 0 Å². The number of carboxylic acid groups (broad SMARTS) is 1. The summed E-state index contributed by atoms with van der Waals surface area (Å²) in [5.74, 6) is -0.965. The van der Waals surface area contributed by atoms with E-state index in [1.807, 2.05) is 30.6 Å². The molecule has 6 heteroatoms. The van der Waals surface area contributed by atoms with Gasteiger partial charge in [0, 0.05) is 12.1 Å². The molecule has 3 nitrogen and oxygen atoms in total. The second-order valence-corrected chi connectivity index (χ2v) is 8.81. The summed E-state index contributed by atoms with van der Waals surface area (Å²) in [6, 6.07) is 27.4. The fourth-order valence-corrected chi connectivity index (χ4v) is 4.55. The summed E-state index contributed by atoms with van der Waals surface area (Å²) in [6.07, 6.45) is 3.75. The predicted octanol–water partition coefficient (Wildman–Crippen LogP) is 2.26. The summed E-state index contributed by atoms with van der Waals surface area (Å²) in [5, 5.41) is 7.65. The number of H-pyrrole nitrogens is 1. The Bertz CT molecular complexity index is 609. The molecule has 0 saturated heterocycles. The molecule has 0 atom stereocenters. The van der Waals surface area contributed by atoms with Crippen LogP contribution >= 0.6 is 25.0 Å². The summed E-state index contributed by atoms with van der Waals surface area (Å²) in [7, 11) is 0. The zero-order valence-electron chi connectivity index (χ0n) is 13.6. The molecule has 0 aliphatic carbocycles. The molecule has 1 heterocycles. The average molecular weight is 482 g/mol. The average Bonchev–Trinajstić information content (AvgIpc) is 2.66. The van der Waals surface area contributed by atoms with Crippen molar-refractivity contribution < 1.29 is 14.9 Å². The number of thiol groups is 1. The van der Waals surface area contributed by atoms with Crippen molar-refractivity contribution in [1.29, 1.82) is 0 Å². The Morgan fingerprint density at radius 3 is 1.44 bits per heavy atom. The van der Waals surface area contributed by atoms with Gasteiger partial charge in [0.25, 0.3) is 0 Å². The van der Waals surface area contributed by atoms with Gasteiger partial charge in [-0.3, -0.25) is 4.79 Å². The normalized spacial score (nSPS) is 8.20. The number of carbonyl (C=O) groups is 1. The minimum Gasteiger partial charge on any atom is -0.218 e. The molecule has 0 aliphatic rings. The number of halogens is 1. The first-order valence-electron chi connectivity index (χ1n) is 7.33. The largest absolute Gasteiger partial charge is 0.218 e. The predicted molar refractivity (Wildman–Crippen MR) is 110 cm³/mol. The van der Waals surface area contributed by atoms with Gasteiger partial charge in [0.1, 0.15) is 0 Å². The van der Waals surface area contributed by atoms with Crippen molar-refractivity contribution in [2.24, 2.45) is 0 Å². The topological polar surface area (TPSA) is 51.4 Å². The molecule has 0 saturated carbocycles. The van der Waals surface area contributed by atoms with E-state index in [0.717, 1.165) is 0 Å². The van der Waals surface area contributed by atoms with Gasteiger partial charge in [-0.2, -0.15) is 12.6 Å². The fraction of sp³-hybridized carbons (Fsp3) is 0.0526. The van der Waals surface area contributed by atoms with Crippen molar-refractivity contribution in [2.75, 3.05) is 5.75 Å². The first kappa shape index (κ1) is 23.5. The second kappa shape index (κ2) is 16.0. The molecular weight excluding hydrogens is 460 g/mol. The molecule has 0 unspecified atom stereocenters. The maximum Gasteiger partial charge on any atom is 0.166 e. The van der Waals surface area contributed by atoms with E-state index < -0.39 is 27.1 Å². The van der Waals surface area contributed by atoms with E-state index in [4.69, 9.17) is 5.11 Å². The molecule has 0 spiro atoms. The number of hydrogen-bond donors (Lipinski definition) is 2. The van der Waals surface area contributed by atoms with Crippen LogP contribution in [0.4, 0.5) is 0 Å². The zero-order valence-corrected chi connectivity index (χ0v) is 18.1. The summed E-state index contributed by atoms with van der Waals surface area (Å²) in [4.78, 5) is 12.2. The molecule has 0 bridgehead atoms. The third kappa shape index (κ3) is 13.5. The Hall–Kier alpha value is -1.50. The third-order valence-corrected chi connectivity index (χ3v) is 6.40. The van der Waals surface area contributed by atoms with Crippen LogP contribution in [0.5, 0.6) is 0 Å². The van der Waals surface area contributed by atoms with Crippen LogP contribution in [-0.4, -0.2) is 38.0 Å². The molecule has 0 amide bonds. The van der Waals surface area contributed by atoms with Crippen molar-refractivity contribution in [3.8, 4) is 0 Å². The summed E-state index contributed by atoms with van der Waals surface area (Å²) < 4.78 is 3.08. The Balaban J connectivity index is 0.000000404. The van der Waals surface area contributed by atoms with Gasteiger partial charge in [-0.25, -0.2) is 4.98 Å². The van der Waals surface area contributed by atoms with Crippen molar-refractivity contribution in [1.82, 2.24) is 0 Å². The summed E-state index contributed by atoms with van der Waals surface area (Å²) >= 11 is 2.90. The van der Waals surface area contributed by atoms with E-state index in [-0.39, 0.29) is 18.2 Å². The molecule has 0 radical (unpaired) electrons. The van der Waals surface area contributed by atoms with Gasteiger partial charge in [0.05, 0.1) is 5.75 Å². The number of pyridine rings is 1. The van der Waals surface area contributed by atoms with Gasteiger partial charge < -0.3 is 5.11 Å². The van der Waals surface area contributed by atoms with Gasteiger partial charge in [-0.1, -0.05) is 6.07 Å². The minimum absolute atomic E-state index is 0. The molecule has 2 N–H and O–H groups in total. The molecule has 128 valence electrons. The van der Waals surface area contributed by atoms with E-state index in [9.17, 15) is 4.79 Å². The van der Waals surface area contributed by atoms with Crippen molar-refractivity contribution >= 4 is 59.3 Å². The van der Waals surface area contributed by atoms with Gasteiger partial charge in [0.2, 0.25) is 0 Å². The standard InChI is InChI=1S/2C6H5.C5H5N.C2H4O2S.ClH.Sn/c3*1-2-4-6-5-3-1;3-2(4)1-5;;/h3*1-5H;5H,1H2,(H,3,4);1H;/q;;;;;+2/p+1. The molecule has 3 rings (SSSR count). The van der Waals surface area contributed by atoms with Crippen LogP contribution in [0.2, 0.25) is 0 Å². The first-order valence-corrected chi connectivity index (χ1v) is 10.8. The van der Waals surface area contributed by atoms with E-state index in [2.05, 4.69) is 78.3 Å². The molecule has 25 heavy (non-hydrogen) atoms. The number of carboxylic acids is 1. The van der Waals surface area contributed by atoms with Gasteiger partial charge >= 0.3 is 94.9 Å². The SMILES string of the molecule is Cl.O=C(O)CS.c1cc[c]([Sn+2][c]2ccccc2)cc1.c1cc[nH+]cc1. The molecule has 0 aliphatic heterocycles. The van der Waals surface area contributed by atoms with E-state index in [0.29, 0.717) is 0 Å². The van der Waals surface area contributed by atoms with Crippen LogP contribution < -0.4 is 12.1 Å². The maximum absolute atomic E-state index is 9.29. The number of aromatic nitrogens is 1. The Kier molecular flexibility index (Phi) is 15.0. The van der Waals surface area contributed by atoms with Crippen LogP contribution in [0.3, 0.4) is 0 Å². The van der Waals surface area contributed by atoms with Crippen molar-refractivity contribution in [3.05, 3.63) is 91.3 Å². The van der Waals surface area contributed by atoms with Crippen LogP contribution in [0.15, 0.2) is 91.3 Å². The number of hydrogen-bond acceptors (Lipinski definition) is 2. The fourth-order valence-electron chi connectivity index (χ4n) is 1.55. The number of benzene rings is 2. The number of aromatic amines is 1. The number of nitrogens with one attached hydrogen (secondary N) is 1. The molecule has 1 aromatic heterocycles. The molecular formula is C19H21ClNO2SSn+3. The molecule has 3 aromatic rings. The number of rotatable bonds is 3. The molecule has 0 fully saturated rings. The van der Waals surface area contributed by atoms with E-state index in [1.165, 1.54) is 7.16 Å². The number of aliphatic carboxylic acids is 1. The zero-order chi connectivity index (χ0) is 17.5. The van der Waals surface area contributed by atoms with Gasteiger partial charge in [-0.15, -0.1) is 12.4 Å². The Morgan fingerprint density at radius 1 is 0.840 bits per heavy atom. The smallest absolute Gasteiger partial charge is 0.166 e. The van der Waals surface area contributed by atoms with E-state index in [1.54, 1.807) is 0 Å². The summed E-state index contributed by atoms with van der Waals surface area (Å²) in [5.41, 5.74) is 0. The van der Waals surface area contributed by atoms with Crippen LogP contribution in [0.1, 0.15) is 0 Å². The quantitative estimate of drug-likeness (QED) is 0.446.